The van der Waals surface area contributed by atoms with Gasteiger partial charge in [0.2, 0.25) is 5.91 Å². The Balaban J connectivity index is 1.24. The number of likely N-dealkylation sites (tertiary alicyclic amines) is 1. The highest BCUT2D eigenvalue weighted by atomic mass is 16.5. The topological polar surface area (TPSA) is 46.6 Å². The quantitative estimate of drug-likeness (QED) is 0.751. The highest BCUT2D eigenvalue weighted by Crippen LogP contribution is 2.48. The van der Waals surface area contributed by atoms with Gasteiger partial charge < -0.3 is 9.64 Å². The van der Waals surface area contributed by atoms with Gasteiger partial charge in [-0.05, 0) is 23.5 Å². The SMILES string of the molecule is O=C(OCC1CC(=O)N(Cc2ccccc2)C1)C1CC1c1ccccc1. The molecule has 1 amide bonds. The minimum atomic E-state index is -0.118. The lowest BCUT2D eigenvalue weighted by Gasteiger charge is -2.16. The standard InChI is InChI=1S/C22H23NO3/c24-21-11-17(14-23(21)13-16-7-3-1-4-8-16)15-26-22(25)20-12-19(20)18-9-5-2-6-10-18/h1-10,17,19-20H,11-15H2. The molecule has 134 valence electrons. The predicted octanol–water partition coefficient (Wildman–Crippen LogP) is 3.38. The summed E-state index contributed by atoms with van der Waals surface area (Å²) in [5, 5.41) is 0. The first-order valence-corrected chi connectivity index (χ1v) is 9.24. The molecule has 0 bridgehead atoms. The molecule has 1 saturated heterocycles. The molecule has 4 rings (SSSR count). The molecule has 3 unspecified atom stereocenters. The number of nitrogens with zero attached hydrogens (tertiary/aromatic N) is 1. The molecule has 1 aliphatic heterocycles. The maximum absolute atomic E-state index is 12.3. The second-order valence-corrected chi connectivity index (χ2v) is 7.32. The summed E-state index contributed by atoms with van der Waals surface area (Å²) in [5.41, 5.74) is 2.33. The molecule has 0 spiro atoms. The van der Waals surface area contributed by atoms with Gasteiger partial charge in [-0.25, -0.2) is 0 Å². The van der Waals surface area contributed by atoms with Crippen LogP contribution >= 0.6 is 0 Å². The van der Waals surface area contributed by atoms with Crippen LogP contribution in [0.3, 0.4) is 0 Å². The van der Waals surface area contributed by atoms with E-state index in [-0.39, 0.29) is 23.7 Å². The van der Waals surface area contributed by atoms with Crippen LogP contribution in [0.15, 0.2) is 60.7 Å². The third-order valence-electron chi connectivity index (χ3n) is 5.29. The predicted molar refractivity (Wildman–Crippen MR) is 98.2 cm³/mol. The molecule has 2 aromatic carbocycles. The molecular formula is C22H23NO3. The molecule has 1 saturated carbocycles. The van der Waals surface area contributed by atoms with Gasteiger partial charge in [0.1, 0.15) is 0 Å². The first kappa shape index (κ1) is 16.8. The molecule has 0 N–H and O–H groups in total. The number of hydrogen-bond acceptors (Lipinski definition) is 3. The van der Waals surface area contributed by atoms with E-state index >= 15 is 0 Å². The Labute approximate surface area is 153 Å². The zero-order chi connectivity index (χ0) is 17.9. The van der Waals surface area contributed by atoms with Gasteiger partial charge in [-0.2, -0.15) is 0 Å². The number of carbonyl (C=O) groups excluding carboxylic acids is 2. The van der Waals surface area contributed by atoms with Crippen molar-refractivity contribution in [3.05, 3.63) is 71.8 Å². The molecule has 4 nitrogen and oxygen atoms in total. The lowest BCUT2D eigenvalue weighted by atomic mass is 10.1. The number of esters is 1. The number of carbonyl (C=O) groups is 2. The zero-order valence-corrected chi connectivity index (χ0v) is 14.7. The van der Waals surface area contributed by atoms with Gasteiger partial charge in [0.25, 0.3) is 0 Å². The largest absolute Gasteiger partial charge is 0.465 e. The van der Waals surface area contributed by atoms with Crippen molar-refractivity contribution >= 4 is 11.9 Å². The number of benzene rings is 2. The van der Waals surface area contributed by atoms with Gasteiger partial charge in [-0.15, -0.1) is 0 Å². The number of ether oxygens (including phenoxy) is 1. The lowest BCUT2D eigenvalue weighted by molar-refractivity contribution is -0.146. The minimum Gasteiger partial charge on any atom is -0.465 e. The van der Waals surface area contributed by atoms with Crippen LogP contribution in [0.25, 0.3) is 0 Å². The maximum Gasteiger partial charge on any atom is 0.309 e. The Hall–Kier alpha value is -2.62. The van der Waals surface area contributed by atoms with Crippen molar-refractivity contribution in [2.24, 2.45) is 11.8 Å². The number of hydrogen-bond donors (Lipinski definition) is 0. The van der Waals surface area contributed by atoms with Crippen molar-refractivity contribution in [2.45, 2.75) is 25.3 Å². The van der Waals surface area contributed by atoms with Crippen molar-refractivity contribution in [2.75, 3.05) is 13.2 Å². The average Bonchev–Trinajstić information content (AvgIpc) is 3.40. The van der Waals surface area contributed by atoms with Crippen LogP contribution in [-0.4, -0.2) is 29.9 Å². The first-order valence-electron chi connectivity index (χ1n) is 9.24. The fraction of sp³-hybridized carbons (Fsp3) is 0.364. The molecule has 2 aliphatic rings. The maximum atomic E-state index is 12.3. The summed E-state index contributed by atoms with van der Waals surface area (Å²) in [7, 11) is 0. The molecule has 2 aromatic rings. The summed E-state index contributed by atoms with van der Waals surface area (Å²) in [6, 6.07) is 20.1. The minimum absolute atomic E-state index is 0.0186. The van der Waals surface area contributed by atoms with E-state index in [1.165, 1.54) is 5.56 Å². The fourth-order valence-electron chi connectivity index (χ4n) is 3.75. The van der Waals surface area contributed by atoms with E-state index in [2.05, 4.69) is 12.1 Å². The summed E-state index contributed by atoms with van der Waals surface area (Å²) in [6.45, 7) is 1.63. The zero-order valence-electron chi connectivity index (χ0n) is 14.7. The number of amides is 1. The third-order valence-corrected chi connectivity index (χ3v) is 5.29. The summed E-state index contributed by atoms with van der Waals surface area (Å²) in [5.74, 6) is 0.402. The van der Waals surface area contributed by atoms with E-state index in [4.69, 9.17) is 4.74 Å². The molecule has 4 heteroatoms. The van der Waals surface area contributed by atoms with Crippen LogP contribution in [0.5, 0.6) is 0 Å². The van der Waals surface area contributed by atoms with Crippen LogP contribution in [0.2, 0.25) is 0 Å². The molecule has 26 heavy (non-hydrogen) atoms. The van der Waals surface area contributed by atoms with Crippen molar-refractivity contribution in [1.82, 2.24) is 4.90 Å². The van der Waals surface area contributed by atoms with Gasteiger partial charge >= 0.3 is 5.97 Å². The van der Waals surface area contributed by atoms with Crippen LogP contribution in [0.4, 0.5) is 0 Å². The van der Waals surface area contributed by atoms with E-state index in [1.54, 1.807) is 0 Å². The van der Waals surface area contributed by atoms with Crippen molar-refractivity contribution in [3.8, 4) is 0 Å². The Bertz CT molecular complexity index is 774. The second-order valence-electron chi connectivity index (χ2n) is 7.32. The van der Waals surface area contributed by atoms with Gasteiger partial charge in [0, 0.05) is 25.4 Å². The first-order chi connectivity index (χ1) is 12.7. The van der Waals surface area contributed by atoms with Gasteiger partial charge in [0.15, 0.2) is 0 Å². The van der Waals surface area contributed by atoms with E-state index in [1.807, 2.05) is 53.4 Å². The smallest absolute Gasteiger partial charge is 0.309 e. The average molecular weight is 349 g/mol. The third kappa shape index (κ3) is 3.79. The Morgan fingerprint density at radius 3 is 2.46 bits per heavy atom. The fourth-order valence-corrected chi connectivity index (χ4v) is 3.75. The van der Waals surface area contributed by atoms with Gasteiger partial charge in [0.05, 0.1) is 12.5 Å². The van der Waals surface area contributed by atoms with Crippen molar-refractivity contribution < 1.29 is 14.3 Å². The van der Waals surface area contributed by atoms with Crippen molar-refractivity contribution in [3.63, 3.8) is 0 Å². The molecular weight excluding hydrogens is 326 g/mol. The van der Waals surface area contributed by atoms with E-state index in [9.17, 15) is 9.59 Å². The van der Waals surface area contributed by atoms with E-state index < -0.39 is 0 Å². The molecule has 3 atom stereocenters. The monoisotopic (exact) mass is 349 g/mol. The van der Waals surface area contributed by atoms with E-state index in [0.717, 1.165) is 12.0 Å². The molecule has 1 aliphatic carbocycles. The van der Waals surface area contributed by atoms with Crippen molar-refractivity contribution in [1.29, 1.82) is 0 Å². The summed E-state index contributed by atoms with van der Waals surface area (Å²) >= 11 is 0. The summed E-state index contributed by atoms with van der Waals surface area (Å²) in [6.07, 6.45) is 1.33. The highest BCUT2D eigenvalue weighted by Gasteiger charge is 2.45. The Morgan fingerprint density at radius 1 is 1.04 bits per heavy atom. The van der Waals surface area contributed by atoms with Gasteiger partial charge in [-0.3, -0.25) is 9.59 Å². The normalized spacial score (nSPS) is 24.5. The molecule has 0 radical (unpaired) electrons. The highest BCUT2D eigenvalue weighted by molar-refractivity contribution is 5.79. The van der Waals surface area contributed by atoms with Crippen LogP contribution < -0.4 is 0 Å². The Morgan fingerprint density at radius 2 is 1.73 bits per heavy atom. The van der Waals surface area contributed by atoms with Gasteiger partial charge in [-0.1, -0.05) is 60.7 Å². The van der Waals surface area contributed by atoms with Crippen LogP contribution in [0, 0.1) is 11.8 Å². The van der Waals surface area contributed by atoms with Crippen LogP contribution in [-0.2, 0) is 20.9 Å². The number of rotatable bonds is 6. The second kappa shape index (κ2) is 7.32. The summed E-state index contributed by atoms with van der Waals surface area (Å²) < 4.78 is 5.53. The summed E-state index contributed by atoms with van der Waals surface area (Å²) in [4.78, 5) is 26.3. The molecule has 2 fully saturated rings. The van der Waals surface area contributed by atoms with Crippen LogP contribution in [0.1, 0.15) is 29.9 Å². The molecule has 1 heterocycles. The Kier molecular flexibility index (Phi) is 4.74. The van der Waals surface area contributed by atoms with E-state index in [0.29, 0.717) is 32.0 Å². The lowest BCUT2D eigenvalue weighted by Crippen LogP contribution is -2.25. The molecule has 0 aromatic heterocycles.